The molecule has 1 aliphatic heterocycles. The van der Waals surface area contributed by atoms with E-state index in [4.69, 9.17) is 9.26 Å². The summed E-state index contributed by atoms with van der Waals surface area (Å²) in [4.78, 5) is 26.0. The van der Waals surface area contributed by atoms with Gasteiger partial charge in [-0.25, -0.2) is 4.79 Å². The highest BCUT2D eigenvalue weighted by Gasteiger charge is 2.29. The maximum absolute atomic E-state index is 12.7. The number of esters is 1. The minimum atomic E-state index is -0.496. The van der Waals surface area contributed by atoms with E-state index in [1.54, 1.807) is 29.7 Å². The molecule has 0 atom stereocenters. The van der Waals surface area contributed by atoms with Crippen LogP contribution >= 0.6 is 0 Å². The van der Waals surface area contributed by atoms with E-state index in [1.807, 2.05) is 0 Å². The molecule has 0 saturated heterocycles. The number of methoxy groups -OCH3 is 2. The van der Waals surface area contributed by atoms with Crippen LogP contribution in [0.3, 0.4) is 0 Å². The lowest BCUT2D eigenvalue weighted by Gasteiger charge is -2.27. The molecular formula is C15H18N4O5. The summed E-state index contributed by atoms with van der Waals surface area (Å²) in [7, 11) is 2.86. The smallest absolute Gasteiger partial charge is 0.358 e. The molecule has 0 aliphatic carbocycles. The monoisotopic (exact) mass is 334 g/mol. The first-order valence-electron chi connectivity index (χ1n) is 7.43. The van der Waals surface area contributed by atoms with Crippen molar-refractivity contribution in [3.05, 3.63) is 34.5 Å². The number of aryl methyl sites for hydroxylation is 1. The van der Waals surface area contributed by atoms with Crippen molar-refractivity contribution in [3.8, 4) is 0 Å². The topological polar surface area (TPSA) is 99.7 Å². The highest BCUT2D eigenvalue weighted by molar-refractivity contribution is 5.94. The predicted molar refractivity (Wildman–Crippen MR) is 80.3 cm³/mol. The average molecular weight is 334 g/mol. The van der Waals surface area contributed by atoms with Gasteiger partial charge in [0.1, 0.15) is 5.76 Å². The molecule has 24 heavy (non-hydrogen) atoms. The normalized spacial score (nSPS) is 13.7. The molecule has 3 heterocycles. The molecule has 2 aromatic rings. The summed E-state index contributed by atoms with van der Waals surface area (Å²) in [5.74, 6) is -0.162. The second-order valence-corrected chi connectivity index (χ2v) is 5.46. The van der Waals surface area contributed by atoms with E-state index in [0.717, 1.165) is 5.69 Å². The first-order chi connectivity index (χ1) is 11.5. The average Bonchev–Trinajstić information content (AvgIpc) is 3.17. The summed E-state index contributed by atoms with van der Waals surface area (Å²) in [6.07, 6.45) is 0. The largest absolute Gasteiger partial charge is 0.464 e. The van der Waals surface area contributed by atoms with Crippen LogP contribution in [-0.2, 0) is 29.2 Å². The summed E-state index contributed by atoms with van der Waals surface area (Å²) in [6, 6.07) is 1.63. The van der Waals surface area contributed by atoms with E-state index in [9.17, 15) is 9.59 Å². The van der Waals surface area contributed by atoms with E-state index in [2.05, 4.69) is 15.0 Å². The Morgan fingerprint density at radius 3 is 2.83 bits per heavy atom. The Morgan fingerprint density at radius 2 is 2.12 bits per heavy atom. The van der Waals surface area contributed by atoms with Gasteiger partial charge in [-0.05, 0) is 13.0 Å². The first kappa shape index (κ1) is 16.2. The quantitative estimate of drug-likeness (QED) is 0.761. The molecule has 1 amide bonds. The zero-order chi connectivity index (χ0) is 17.3. The van der Waals surface area contributed by atoms with Gasteiger partial charge in [0.25, 0.3) is 5.91 Å². The Kier molecular flexibility index (Phi) is 4.34. The molecule has 0 N–H and O–H groups in total. The van der Waals surface area contributed by atoms with Crippen LogP contribution in [0.1, 0.15) is 38.0 Å². The van der Waals surface area contributed by atoms with E-state index < -0.39 is 5.97 Å². The molecule has 3 rings (SSSR count). The van der Waals surface area contributed by atoms with Gasteiger partial charge >= 0.3 is 5.97 Å². The first-order valence-corrected chi connectivity index (χ1v) is 7.43. The Balaban J connectivity index is 1.81. The number of ether oxygens (including phenoxy) is 2. The zero-order valence-corrected chi connectivity index (χ0v) is 13.7. The maximum atomic E-state index is 12.7. The van der Waals surface area contributed by atoms with Gasteiger partial charge in [0.05, 0.1) is 38.1 Å². The molecule has 2 aromatic heterocycles. The van der Waals surface area contributed by atoms with Crippen molar-refractivity contribution in [2.24, 2.45) is 0 Å². The minimum absolute atomic E-state index is 0.231. The summed E-state index contributed by atoms with van der Waals surface area (Å²) in [6.45, 7) is 3.29. The van der Waals surface area contributed by atoms with Gasteiger partial charge in [0.2, 0.25) is 0 Å². The molecule has 0 radical (unpaired) electrons. The van der Waals surface area contributed by atoms with E-state index in [0.29, 0.717) is 31.0 Å². The number of aromatic nitrogens is 3. The van der Waals surface area contributed by atoms with Crippen molar-refractivity contribution >= 4 is 11.9 Å². The van der Waals surface area contributed by atoms with Crippen molar-refractivity contribution in [2.75, 3.05) is 20.8 Å². The van der Waals surface area contributed by atoms with Crippen molar-refractivity contribution in [3.63, 3.8) is 0 Å². The summed E-state index contributed by atoms with van der Waals surface area (Å²) >= 11 is 0. The zero-order valence-electron chi connectivity index (χ0n) is 13.7. The van der Waals surface area contributed by atoms with E-state index in [-0.39, 0.29) is 23.9 Å². The molecule has 0 unspecified atom stereocenters. The van der Waals surface area contributed by atoms with Crippen LogP contribution in [0.5, 0.6) is 0 Å². The molecule has 128 valence electrons. The number of amides is 1. The number of fused-ring (bicyclic) bond motifs is 1. The summed E-state index contributed by atoms with van der Waals surface area (Å²) < 4.78 is 16.6. The Labute approximate surface area is 138 Å². The molecule has 0 bridgehead atoms. The lowest BCUT2D eigenvalue weighted by atomic mass is 10.1. The number of hydrogen-bond donors (Lipinski definition) is 0. The minimum Gasteiger partial charge on any atom is -0.464 e. The Morgan fingerprint density at radius 1 is 1.33 bits per heavy atom. The third-order valence-electron chi connectivity index (χ3n) is 3.96. The maximum Gasteiger partial charge on any atom is 0.358 e. The van der Waals surface area contributed by atoms with Gasteiger partial charge in [0, 0.05) is 13.7 Å². The lowest BCUT2D eigenvalue weighted by Crippen LogP contribution is -2.39. The van der Waals surface area contributed by atoms with Gasteiger partial charge < -0.3 is 18.9 Å². The Bertz CT molecular complexity index is 779. The van der Waals surface area contributed by atoms with Crippen LogP contribution < -0.4 is 0 Å². The Hall–Kier alpha value is -2.68. The van der Waals surface area contributed by atoms with Gasteiger partial charge in [0.15, 0.2) is 11.4 Å². The highest BCUT2D eigenvalue weighted by atomic mass is 16.5. The van der Waals surface area contributed by atoms with Gasteiger partial charge in [-0.3, -0.25) is 9.48 Å². The molecule has 0 fully saturated rings. The summed E-state index contributed by atoms with van der Waals surface area (Å²) in [5.41, 5.74) is 1.91. The molecule has 9 nitrogen and oxygen atoms in total. The van der Waals surface area contributed by atoms with Gasteiger partial charge in [-0.2, -0.15) is 5.10 Å². The van der Waals surface area contributed by atoms with Gasteiger partial charge in [-0.15, -0.1) is 0 Å². The number of carbonyl (C=O) groups excluding carboxylic acids is 2. The SMILES string of the molecule is COCc1c(C(=O)N2CCn3nc(C(=O)OC)cc3C2)noc1C. The number of rotatable bonds is 4. The number of hydrogen-bond acceptors (Lipinski definition) is 7. The van der Waals surface area contributed by atoms with Crippen molar-refractivity contribution in [2.45, 2.75) is 26.6 Å². The van der Waals surface area contributed by atoms with Crippen molar-refractivity contribution in [1.29, 1.82) is 0 Å². The number of nitrogens with zero attached hydrogens (tertiary/aromatic N) is 4. The third-order valence-corrected chi connectivity index (χ3v) is 3.96. The standard InChI is InChI=1S/C15H18N4O5/c1-9-11(8-22-2)13(17-24-9)14(20)18-4-5-19-10(7-18)6-12(16-19)15(21)23-3/h6H,4-5,7-8H2,1-3H3. The van der Waals surface area contributed by atoms with Crippen molar-refractivity contribution < 1.29 is 23.6 Å². The second kappa shape index (κ2) is 6.44. The lowest BCUT2D eigenvalue weighted by molar-refractivity contribution is 0.0590. The fourth-order valence-corrected chi connectivity index (χ4v) is 2.67. The van der Waals surface area contributed by atoms with E-state index in [1.165, 1.54) is 7.11 Å². The molecule has 0 saturated carbocycles. The molecule has 1 aliphatic rings. The fraction of sp³-hybridized carbons (Fsp3) is 0.467. The molecule has 0 spiro atoms. The molecular weight excluding hydrogens is 316 g/mol. The fourth-order valence-electron chi connectivity index (χ4n) is 2.67. The molecule has 9 heteroatoms. The van der Waals surface area contributed by atoms with Crippen LogP contribution in [0.25, 0.3) is 0 Å². The van der Waals surface area contributed by atoms with Crippen LogP contribution in [-0.4, -0.2) is 52.5 Å². The second-order valence-electron chi connectivity index (χ2n) is 5.46. The van der Waals surface area contributed by atoms with Crippen LogP contribution in [0.2, 0.25) is 0 Å². The predicted octanol–water partition coefficient (Wildman–Crippen LogP) is 0.769. The van der Waals surface area contributed by atoms with Crippen LogP contribution in [0, 0.1) is 6.92 Å². The summed E-state index contributed by atoms with van der Waals surface area (Å²) in [5, 5.41) is 8.06. The van der Waals surface area contributed by atoms with Crippen LogP contribution in [0.4, 0.5) is 0 Å². The van der Waals surface area contributed by atoms with Crippen LogP contribution in [0.15, 0.2) is 10.6 Å². The van der Waals surface area contributed by atoms with Gasteiger partial charge in [-0.1, -0.05) is 5.16 Å². The van der Waals surface area contributed by atoms with E-state index >= 15 is 0 Å². The molecule has 0 aromatic carbocycles. The number of carbonyl (C=O) groups is 2. The highest BCUT2D eigenvalue weighted by Crippen LogP contribution is 2.20. The van der Waals surface area contributed by atoms with Crippen molar-refractivity contribution in [1.82, 2.24) is 19.8 Å². The third kappa shape index (κ3) is 2.78.